The monoisotopic (exact) mass is 257 g/mol. The molecule has 0 saturated carbocycles. The van der Waals surface area contributed by atoms with Crippen molar-refractivity contribution in [2.75, 3.05) is 19.8 Å². The van der Waals surface area contributed by atoms with Crippen LogP contribution in [-0.2, 0) is 14.3 Å². The molecule has 0 radical (unpaired) electrons. The third-order valence-corrected chi connectivity index (χ3v) is 3.48. The van der Waals surface area contributed by atoms with Crippen molar-refractivity contribution in [1.82, 2.24) is 5.32 Å². The van der Waals surface area contributed by atoms with E-state index in [0.29, 0.717) is 19.6 Å². The molecule has 1 fully saturated rings. The fourth-order valence-corrected chi connectivity index (χ4v) is 2.20. The molecule has 1 rings (SSSR count). The van der Waals surface area contributed by atoms with Crippen LogP contribution in [-0.4, -0.2) is 36.7 Å². The smallest absolute Gasteiger partial charge is 0.308 e. The Hall–Kier alpha value is -1.10. The second-order valence-electron chi connectivity index (χ2n) is 5.25. The van der Waals surface area contributed by atoms with Gasteiger partial charge < -0.3 is 15.2 Å². The normalized spacial score (nSPS) is 25.4. The lowest BCUT2D eigenvalue weighted by Crippen LogP contribution is -2.46. The van der Waals surface area contributed by atoms with Gasteiger partial charge in [-0.1, -0.05) is 13.3 Å². The summed E-state index contributed by atoms with van der Waals surface area (Å²) in [5.74, 6) is -1.43. The molecule has 2 atom stereocenters. The molecule has 5 nitrogen and oxygen atoms in total. The summed E-state index contributed by atoms with van der Waals surface area (Å²) in [6.07, 6.45) is 3.06. The third kappa shape index (κ3) is 3.98. The van der Waals surface area contributed by atoms with Gasteiger partial charge in [0.1, 0.15) is 0 Å². The van der Waals surface area contributed by atoms with Crippen LogP contribution in [0, 0.1) is 11.3 Å². The highest BCUT2D eigenvalue weighted by atomic mass is 16.5. The van der Waals surface area contributed by atoms with Crippen LogP contribution < -0.4 is 5.32 Å². The first-order valence-electron chi connectivity index (χ1n) is 6.58. The zero-order valence-electron chi connectivity index (χ0n) is 11.2. The Morgan fingerprint density at radius 1 is 1.50 bits per heavy atom. The summed E-state index contributed by atoms with van der Waals surface area (Å²) in [5.41, 5.74) is -0.506. The van der Waals surface area contributed by atoms with Gasteiger partial charge in [-0.3, -0.25) is 9.59 Å². The fraction of sp³-hybridized carbons (Fsp3) is 0.846. The summed E-state index contributed by atoms with van der Waals surface area (Å²) in [6, 6.07) is 0. The highest BCUT2D eigenvalue weighted by Crippen LogP contribution is 2.28. The standard InChI is InChI=1S/C13H23NO4/c1-3-5-10(11(15)16)8-14-12(17)13(2)6-4-7-18-9-13/h10H,3-9H2,1-2H3,(H,14,17)(H,15,16). The van der Waals surface area contributed by atoms with Crippen molar-refractivity contribution in [3.05, 3.63) is 0 Å². The van der Waals surface area contributed by atoms with E-state index in [1.54, 1.807) is 0 Å². The van der Waals surface area contributed by atoms with Crippen molar-refractivity contribution in [1.29, 1.82) is 0 Å². The minimum Gasteiger partial charge on any atom is -0.481 e. The maximum absolute atomic E-state index is 12.1. The molecule has 1 saturated heterocycles. The number of rotatable bonds is 6. The number of aliphatic carboxylic acids is 1. The molecule has 2 unspecified atom stereocenters. The zero-order chi connectivity index (χ0) is 13.6. The molecule has 0 aromatic carbocycles. The molecular weight excluding hydrogens is 234 g/mol. The molecule has 1 heterocycles. The molecule has 1 aliphatic rings. The number of carboxylic acids is 1. The van der Waals surface area contributed by atoms with Gasteiger partial charge in [-0.05, 0) is 26.2 Å². The highest BCUT2D eigenvalue weighted by Gasteiger charge is 2.35. The van der Waals surface area contributed by atoms with Crippen LogP contribution in [0.2, 0.25) is 0 Å². The number of hydrogen-bond donors (Lipinski definition) is 2. The number of carboxylic acid groups (broad SMARTS) is 1. The van der Waals surface area contributed by atoms with Gasteiger partial charge in [0.25, 0.3) is 0 Å². The molecule has 0 aliphatic carbocycles. The largest absolute Gasteiger partial charge is 0.481 e. The van der Waals surface area contributed by atoms with Gasteiger partial charge >= 0.3 is 5.97 Å². The van der Waals surface area contributed by atoms with Gasteiger partial charge in [0.2, 0.25) is 5.91 Å². The van der Waals surface area contributed by atoms with E-state index in [-0.39, 0.29) is 12.5 Å². The Kier molecular flexibility index (Phi) is 5.59. The van der Waals surface area contributed by atoms with Crippen LogP contribution in [0.1, 0.15) is 39.5 Å². The van der Waals surface area contributed by atoms with E-state index >= 15 is 0 Å². The minimum absolute atomic E-state index is 0.0930. The van der Waals surface area contributed by atoms with Gasteiger partial charge in [-0.2, -0.15) is 0 Å². The van der Waals surface area contributed by atoms with E-state index in [1.165, 1.54) is 0 Å². The van der Waals surface area contributed by atoms with Gasteiger partial charge in [0, 0.05) is 13.2 Å². The zero-order valence-corrected chi connectivity index (χ0v) is 11.2. The minimum atomic E-state index is -0.845. The lowest BCUT2D eigenvalue weighted by atomic mass is 9.83. The summed E-state index contributed by atoms with van der Waals surface area (Å²) in [4.78, 5) is 23.0. The summed E-state index contributed by atoms with van der Waals surface area (Å²) in [7, 11) is 0. The third-order valence-electron chi connectivity index (χ3n) is 3.48. The molecule has 2 N–H and O–H groups in total. The predicted molar refractivity (Wildman–Crippen MR) is 67.2 cm³/mol. The summed E-state index contributed by atoms with van der Waals surface area (Å²) >= 11 is 0. The van der Waals surface area contributed by atoms with Crippen molar-refractivity contribution >= 4 is 11.9 Å². The van der Waals surface area contributed by atoms with Crippen LogP contribution in [0.4, 0.5) is 0 Å². The summed E-state index contributed by atoms with van der Waals surface area (Å²) < 4.78 is 5.33. The first kappa shape index (κ1) is 15.0. The summed E-state index contributed by atoms with van der Waals surface area (Å²) in [5, 5.41) is 11.8. The fourth-order valence-electron chi connectivity index (χ4n) is 2.20. The summed E-state index contributed by atoms with van der Waals surface area (Å²) in [6.45, 7) is 5.14. The molecular formula is C13H23NO4. The molecule has 0 spiro atoms. The van der Waals surface area contributed by atoms with E-state index in [4.69, 9.17) is 9.84 Å². The Balaban J connectivity index is 2.45. The quantitative estimate of drug-likeness (QED) is 0.754. The van der Waals surface area contributed by atoms with Crippen molar-refractivity contribution in [3.63, 3.8) is 0 Å². The molecule has 5 heteroatoms. The van der Waals surface area contributed by atoms with Crippen LogP contribution in [0.3, 0.4) is 0 Å². The number of amides is 1. The second-order valence-corrected chi connectivity index (χ2v) is 5.25. The van der Waals surface area contributed by atoms with Crippen molar-refractivity contribution in [2.24, 2.45) is 11.3 Å². The molecule has 0 aromatic rings. The maximum atomic E-state index is 12.1. The van der Waals surface area contributed by atoms with Crippen LogP contribution in [0.25, 0.3) is 0 Å². The number of carbonyl (C=O) groups is 2. The lowest BCUT2D eigenvalue weighted by molar-refractivity contribution is -0.142. The lowest BCUT2D eigenvalue weighted by Gasteiger charge is -2.32. The van der Waals surface area contributed by atoms with Crippen molar-refractivity contribution in [3.8, 4) is 0 Å². The molecule has 18 heavy (non-hydrogen) atoms. The Morgan fingerprint density at radius 2 is 2.22 bits per heavy atom. The van der Waals surface area contributed by atoms with Gasteiger partial charge in [-0.15, -0.1) is 0 Å². The maximum Gasteiger partial charge on any atom is 0.308 e. The SMILES string of the molecule is CCCC(CNC(=O)C1(C)CCCOC1)C(=O)O. The van der Waals surface area contributed by atoms with E-state index in [0.717, 1.165) is 19.3 Å². The van der Waals surface area contributed by atoms with E-state index in [1.807, 2.05) is 13.8 Å². The molecule has 1 aliphatic heterocycles. The average Bonchev–Trinajstić information content (AvgIpc) is 2.34. The molecule has 104 valence electrons. The Labute approximate surface area is 108 Å². The highest BCUT2D eigenvalue weighted by molar-refractivity contribution is 5.83. The van der Waals surface area contributed by atoms with Crippen LogP contribution in [0.15, 0.2) is 0 Å². The Morgan fingerprint density at radius 3 is 2.72 bits per heavy atom. The Bertz CT molecular complexity index is 297. The van der Waals surface area contributed by atoms with Gasteiger partial charge in [0.15, 0.2) is 0 Å². The predicted octanol–water partition coefficient (Wildman–Crippen LogP) is 1.42. The topological polar surface area (TPSA) is 75.6 Å². The molecule has 0 bridgehead atoms. The average molecular weight is 257 g/mol. The first-order valence-corrected chi connectivity index (χ1v) is 6.58. The van der Waals surface area contributed by atoms with Crippen LogP contribution in [0.5, 0.6) is 0 Å². The number of hydrogen-bond acceptors (Lipinski definition) is 3. The van der Waals surface area contributed by atoms with E-state index in [2.05, 4.69) is 5.32 Å². The number of nitrogens with one attached hydrogen (secondary N) is 1. The van der Waals surface area contributed by atoms with E-state index in [9.17, 15) is 9.59 Å². The molecule has 1 amide bonds. The second kappa shape index (κ2) is 6.73. The first-order chi connectivity index (χ1) is 8.49. The van der Waals surface area contributed by atoms with Gasteiger partial charge in [-0.25, -0.2) is 0 Å². The van der Waals surface area contributed by atoms with Crippen molar-refractivity contribution in [2.45, 2.75) is 39.5 Å². The number of ether oxygens (including phenoxy) is 1. The van der Waals surface area contributed by atoms with E-state index < -0.39 is 17.3 Å². The number of carbonyl (C=O) groups excluding carboxylic acids is 1. The molecule has 0 aromatic heterocycles. The van der Waals surface area contributed by atoms with Gasteiger partial charge in [0.05, 0.1) is 17.9 Å². The van der Waals surface area contributed by atoms with Crippen molar-refractivity contribution < 1.29 is 19.4 Å². The van der Waals surface area contributed by atoms with Crippen LogP contribution >= 0.6 is 0 Å².